The van der Waals surface area contributed by atoms with E-state index in [9.17, 15) is 18.0 Å². The minimum atomic E-state index is -3.12. The van der Waals surface area contributed by atoms with Gasteiger partial charge in [-0.3, -0.25) is 4.79 Å². The zero-order valence-electron chi connectivity index (χ0n) is 7.38. The van der Waals surface area contributed by atoms with Crippen LogP contribution in [-0.4, -0.2) is 16.1 Å². The number of hydrogen-bond donors (Lipinski definition) is 2. The SMILES string of the molecule is Nc1cc(F)c(C(F)F)c(CC(=O)O)n1. The van der Waals surface area contributed by atoms with Crippen LogP contribution in [0.25, 0.3) is 0 Å². The molecule has 0 aliphatic heterocycles. The molecule has 15 heavy (non-hydrogen) atoms. The molecule has 0 aliphatic carbocycles. The third-order valence-corrected chi connectivity index (χ3v) is 1.64. The summed E-state index contributed by atoms with van der Waals surface area (Å²) in [7, 11) is 0. The molecule has 0 spiro atoms. The van der Waals surface area contributed by atoms with Crippen molar-refractivity contribution >= 4 is 11.8 Å². The van der Waals surface area contributed by atoms with E-state index < -0.39 is 35.9 Å². The van der Waals surface area contributed by atoms with E-state index in [1.165, 1.54) is 0 Å². The number of aliphatic carboxylic acids is 1. The molecule has 0 amide bonds. The van der Waals surface area contributed by atoms with Gasteiger partial charge in [-0.1, -0.05) is 0 Å². The Labute approximate surface area is 82.5 Å². The second-order valence-electron chi connectivity index (χ2n) is 2.76. The number of pyridine rings is 1. The quantitative estimate of drug-likeness (QED) is 0.806. The molecule has 0 fully saturated rings. The summed E-state index contributed by atoms with van der Waals surface area (Å²) in [5, 5.41) is 8.41. The van der Waals surface area contributed by atoms with Crippen LogP contribution in [0, 0.1) is 5.82 Å². The number of carboxylic acid groups (broad SMARTS) is 1. The van der Waals surface area contributed by atoms with Crippen LogP contribution in [0.4, 0.5) is 19.0 Å². The third kappa shape index (κ3) is 2.58. The van der Waals surface area contributed by atoms with E-state index in [2.05, 4.69) is 4.98 Å². The molecule has 0 aliphatic rings. The normalized spacial score (nSPS) is 10.7. The lowest BCUT2D eigenvalue weighted by Crippen LogP contribution is -2.10. The van der Waals surface area contributed by atoms with Crippen LogP contribution in [0.2, 0.25) is 0 Å². The molecule has 4 nitrogen and oxygen atoms in total. The largest absolute Gasteiger partial charge is 0.481 e. The minimum absolute atomic E-state index is 0.326. The average Bonchev–Trinajstić information content (AvgIpc) is 1.99. The van der Waals surface area contributed by atoms with E-state index in [0.29, 0.717) is 6.07 Å². The van der Waals surface area contributed by atoms with Crippen LogP contribution in [0.1, 0.15) is 17.7 Å². The van der Waals surface area contributed by atoms with Gasteiger partial charge in [-0.15, -0.1) is 0 Å². The van der Waals surface area contributed by atoms with Crippen molar-refractivity contribution in [2.24, 2.45) is 0 Å². The number of anilines is 1. The van der Waals surface area contributed by atoms with Crippen molar-refractivity contribution in [3.05, 3.63) is 23.1 Å². The van der Waals surface area contributed by atoms with Gasteiger partial charge < -0.3 is 10.8 Å². The van der Waals surface area contributed by atoms with Crippen molar-refractivity contribution in [3.8, 4) is 0 Å². The number of alkyl halides is 2. The van der Waals surface area contributed by atoms with Gasteiger partial charge in [0.15, 0.2) is 0 Å². The second-order valence-corrected chi connectivity index (χ2v) is 2.76. The predicted octanol–water partition coefficient (Wildman–Crippen LogP) is 1.37. The predicted molar refractivity (Wildman–Crippen MR) is 44.9 cm³/mol. The lowest BCUT2D eigenvalue weighted by molar-refractivity contribution is -0.136. The number of carbonyl (C=O) groups is 1. The first-order valence-electron chi connectivity index (χ1n) is 3.86. The van der Waals surface area contributed by atoms with Gasteiger partial charge in [0, 0.05) is 6.07 Å². The van der Waals surface area contributed by atoms with Gasteiger partial charge >= 0.3 is 5.97 Å². The summed E-state index contributed by atoms with van der Waals surface area (Å²) in [5.74, 6) is -2.95. The summed E-state index contributed by atoms with van der Waals surface area (Å²) in [6.45, 7) is 0. The Hall–Kier alpha value is -1.79. The molecule has 0 unspecified atom stereocenters. The van der Waals surface area contributed by atoms with E-state index in [0.717, 1.165) is 0 Å². The number of halogens is 3. The van der Waals surface area contributed by atoms with Crippen molar-refractivity contribution in [3.63, 3.8) is 0 Å². The third-order valence-electron chi connectivity index (χ3n) is 1.64. The molecule has 1 rings (SSSR count). The number of hydrogen-bond acceptors (Lipinski definition) is 3. The zero-order valence-corrected chi connectivity index (χ0v) is 7.38. The summed E-state index contributed by atoms with van der Waals surface area (Å²) >= 11 is 0. The number of carboxylic acids is 1. The summed E-state index contributed by atoms with van der Waals surface area (Å²) in [6, 6.07) is 0.632. The Bertz CT molecular complexity index is 396. The average molecular weight is 220 g/mol. The maximum atomic E-state index is 13.0. The Morgan fingerprint density at radius 3 is 2.67 bits per heavy atom. The highest BCUT2D eigenvalue weighted by Gasteiger charge is 2.21. The molecule has 0 atom stereocenters. The molecular weight excluding hydrogens is 213 g/mol. The molecule has 0 radical (unpaired) electrons. The van der Waals surface area contributed by atoms with Crippen molar-refractivity contribution in [2.75, 3.05) is 5.73 Å². The maximum absolute atomic E-state index is 13.0. The van der Waals surface area contributed by atoms with Gasteiger partial charge in [0.05, 0.1) is 17.7 Å². The number of aromatic nitrogens is 1. The van der Waals surface area contributed by atoms with Crippen molar-refractivity contribution in [1.82, 2.24) is 4.98 Å². The first-order valence-corrected chi connectivity index (χ1v) is 3.86. The lowest BCUT2D eigenvalue weighted by Gasteiger charge is -2.08. The summed E-state index contributed by atoms with van der Waals surface area (Å²) in [5.41, 5.74) is 3.56. The Kier molecular flexibility index (Phi) is 3.13. The molecule has 1 aromatic heterocycles. The van der Waals surface area contributed by atoms with Crippen LogP contribution in [0.15, 0.2) is 6.07 Å². The fourth-order valence-electron chi connectivity index (χ4n) is 1.10. The van der Waals surface area contributed by atoms with Gasteiger partial charge in [0.25, 0.3) is 6.43 Å². The van der Waals surface area contributed by atoms with Crippen LogP contribution in [0.5, 0.6) is 0 Å². The van der Waals surface area contributed by atoms with E-state index in [1.54, 1.807) is 0 Å². The topological polar surface area (TPSA) is 76.2 Å². The minimum Gasteiger partial charge on any atom is -0.481 e. The number of rotatable bonds is 3. The van der Waals surface area contributed by atoms with Crippen LogP contribution >= 0.6 is 0 Å². The fourth-order valence-corrected chi connectivity index (χ4v) is 1.10. The van der Waals surface area contributed by atoms with Gasteiger partial charge in [0.2, 0.25) is 0 Å². The van der Waals surface area contributed by atoms with E-state index >= 15 is 0 Å². The summed E-state index contributed by atoms with van der Waals surface area (Å²) < 4.78 is 37.7. The van der Waals surface area contributed by atoms with Gasteiger partial charge in [-0.25, -0.2) is 18.2 Å². The summed E-state index contributed by atoms with van der Waals surface area (Å²) in [6.07, 6.45) is -3.91. The van der Waals surface area contributed by atoms with Crippen LogP contribution in [-0.2, 0) is 11.2 Å². The monoisotopic (exact) mass is 220 g/mol. The first-order chi connectivity index (χ1) is 6.91. The Balaban J connectivity index is 3.26. The van der Waals surface area contributed by atoms with E-state index in [1.807, 2.05) is 0 Å². The molecule has 0 aromatic carbocycles. The number of nitrogen functional groups attached to an aromatic ring is 1. The van der Waals surface area contributed by atoms with Crippen molar-refractivity contribution in [1.29, 1.82) is 0 Å². The Morgan fingerprint density at radius 1 is 1.60 bits per heavy atom. The Morgan fingerprint density at radius 2 is 2.20 bits per heavy atom. The fraction of sp³-hybridized carbons (Fsp3) is 0.250. The molecule has 1 aromatic rings. The molecule has 0 bridgehead atoms. The number of nitrogens with zero attached hydrogens (tertiary/aromatic N) is 1. The highest BCUT2D eigenvalue weighted by atomic mass is 19.3. The van der Waals surface area contributed by atoms with Crippen LogP contribution < -0.4 is 5.73 Å². The molecule has 82 valence electrons. The van der Waals surface area contributed by atoms with Crippen LogP contribution in [0.3, 0.4) is 0 Å². The molecule has 0 saturated heterocycles. The van der Waals surface area contributed by atoms with E-state index in [-0.39, 0.29) is 5.82 Å². The van der Waals surface area contributed by atoms with Gasteiger partial charge in [0.1, 0.15) is 11.6 Å². The number of nitrogens with two attached hydrogens (primary N) is 1. The van der Waals surface area contributed by atoms with Crippen molar-refractivity contribution < 1.29 is 23.1 Å². The molecule has 1 heterocycles. The molecular formula is C8H7F3N2O2. The maximum Gasteiger partial charge on any atom is 0.309 e. The lowest BCUT2D eigenvalue weighted by atomic mass is 10.1. The highest BCUT2D eigenvalue weighted by Crippen LogP contribution is 2.26. The molecule has 0 saturated carbocycles. The summed E-state index contributed by atoms with van der Waals surface area (Å²) in [4.78, 5) is 13.7. The molecule has 7 heteroatoms. The van der Waals surface area contributed by atoms with Gasteiger partial charge in [-0.2, -0.15) is 0 Å². The smallest absolute Gasteiger partial charge is 0.309 e. The zero-order chi connectivity index (χ0) is 11.6. The van der Waals surface area contributed by atoms with Crippen molar-refractivity contribution in [2.45, 2.75) is 12.8 Å². The molecule has 3 N–H and O–H groups in total. The standard InChI is InChI=1S/C8H7F3N2O2/c9-3-1-5(12)13-4(2-6(14)15)7(3)8(10)11/h1,8H,2H2,(H2,12,13)(H,14,15). The van der Waals surface area contributed by atoms with Gasteiger partial charge in [-0.05, 0) is 0 Å². The first kappa shape index (κ1) is 11.3. The second kappa shape index (κ2) is 4.16. The highest BCUT2D eigenvalue weighted by molar-refractivity contribution is 5.70. The van der Waals surface area contributed by atoms with E-state index in [4.69, 9.17) is 10.8 Å².